The third kappa shape index (κ3) is 4.81. The molecule has 1 fully saturated rings. The van der Waals surface area contributed by atoms with Crippen molar-refractivity contribution in [3.63, 3.8) is 0 Å². The van der Waals surface area contributed by atoms with Crippen LogP contribution in [0, 0.1) is 12.2 Å². The van der Waals surface area contributed by atoms with Gasteiger partial charge in [-0.3, -0.25) is 12.2 Å². The van der Waals surface area contributed by atoms with Gasteiger partial charge in [-0.15, -0.1) is 18.1 Å². The minimum atomic E-state index is -0.957. The molecule has 1 unspecified atom stereocenters. The van der Waals surface area contributed by atoms with Crippen LogP contribution in [0.1, 0.15) is 29.5 Å². The molecule has 0 nitrogen and oxygen atoms in total. The summed E-state index contributed by atoms with van der Waals surface area (Å²) >= 11 is 0. The van der Waals surface area contributed by atoms with E-state index in [1.54, 1.807) is 5.56 Å². The fraction of sp³-hybridized carbons (Fsp3) is 0.333. The van der Waals surface area contributed by atoms with Crippen molar-refractivity contribution in [1.29, 1.82) is 0 Å². The summed E-state index contributed by atoms with van der Waals surface area (Å²) in [6, 6.07) is 11.8. The summed E-state index contributed by atoms with van der Waals surface area (Å²) in [4.78, 5) is 0. The summed E-state index contributed by atoms with van der Waals surface area (Å²) in [6.45, 7) is 2.55. The van der Waals surface area contributed by atoms with Crippen molar-refractivity contribution in [2.45, 2.75) is 37.0 Å². The summed E-state index contributed by atoms with van der Waals surface area (Å²) in [5.41, 5.74) is 3.67. The maximum Gasteiger partial charge on any atom is 4.00 e. The first-order chi connectivity index (χ1) is 9.30. The molecule has 0 N–H and O–H groups in total. The number of allylic oxidation sites excluding steroid dienone is 5. The third-order valence-corrected chi connectivity index (χ3v) is 9.35. The molecule has 0 bridgehead atoms. The van der Waals surface area contributed by atoms with Crippen LogP contribution in [-0.4, -0.2) is 8.07 Å². The Morgan fingerprint density at radius 3 is 2.36 bits per heavy atom. The van der Waals surface area contributed by atoms with E-state index in [1.807, 2.05) is 12.2 Å². The Labute approximate surface area is 167 Å². The molecule has 0 aromatic heterocycles. The average Bonchev–Trinajstić information content (AvgIpc) is 3.08. The molecule has 0 radical (unpaired) electrons. The van der Waals surface area contributed by atoms with Crippen LogP contribution in [0.2, 0.25) is 18.6 Å². The molecule has 1 saturated heterocycles. The van der Waals surface area contributed by atoms with E-state index in [4.69, 9.17) is 0 Å². The normalized spacial score (nSPS) is 21.2. The average molecular weight is 427 g/mol. The van der Waals surface area contributed by atoms with E-state index in [-0.39, 0.29) is 51.0 Å². The van der Waals surface area contributed by atoms with Gasteiger partial charge < -0.3 is 24.8 Å². The van der Waals surface area contributed by atoms with Crippen LogP contribution in [0.25, 0.3) is 6.08 Å². The van der Waals surface area contributed by atoms with Gasteiger partial charge in [-0.25, -0.2) is 18.2 Å². The van der Waals surface area contributed by atoms with Crippen molar-refractivity contribution < 1.29 is 51.0 Å². The Balaban J connectivity index is 0.000000482. The van der Waals surface area contributed by atoms with Crippen molar-refractivity contribution in [2.24, 2.45) is 0 Å². The van der Waals surface area contributed by atoms with Crippen molar-refractivity contribution in [1.82, 2.24) is 0 Å². The van der Waals surface area contributed by atoms with Gasteiger partial charge in [0.15, 0.2) is 0 Å². The Hall–Kier alpha value is 0.120. The zero-order valence-electron chi connectivity index (χ0n) is 12.8. The predicted octanol–water partition coefficient (Wildman–Crippen LogP) is -1.07. The minimum absolute atomic E-state index is 0. The maximum absolute atomic E-state index is 3.60. The predicted molar refractivity (Wildman–Crippen MR) is 84.3 cm³/mol. The second kappa shape index (κ2) is 10.1. The molecule has 1 atom stereocenters. The largest absolute Gasteiger partial charge is 4.00 e. The summed E-state index contributed by atoms with van der Waals surface area (Å²) < 4.78 is 0. The second-order valence-corrected chi connectivity index (χ2v) is 10.8. The van der Waals surface area contributed by atoms with Crippen molar-refractivity contribution in [3.8, 4) is 0 Å². The van der Waals surface area contributed by atoms with E-state index in [1.165, 1.54) is 24.1 Å². The summed E-state index contributed by atoms with van der Waals surface area (Å²) in [5.74, 6) is 0. The van der Waals surface area contributed by atoms with Gasteiger partial charge in [0.05, 0.1) is 0 Å². The molecule has 1 heterocycles. The van der Waals surface area contributed by atoms with Gasteiger partial charge >= 0.3 is 26.2 Å². The molecule has 1 aromatic carbocycles. The van der Waals surface area contributed by atoms with Crippen LogP contribution in [0.15, 0.2) is 42.5 Å². The molecular formula is C18H20Cl2SiZr. The number of fused-ring (bicyclic) bond motifs is 1. The number of hydrogen-bond acceptors (Lipinski definition) is 0. The van der Waals surface area contributed by atoms with E-state index in [0.29, 0.717) is 5.54 Å². The van der Waals surface area contributed by atoms with Gasteiger partial charge in [0.2, 0.25) is 0 Å². The summed E-state index contributed by atoms with van der Waals surface area (Å²) in [5, 5.41) is 0. The number of halogens is 2. The van der Waals surface area contributed by atoms with Crippen molar-refractivity contribution >= 4 is 14.1 Å². The second-order valence-electron chi connectivity index (χ2n) is 5.88. The zero-order valence-corrected chi connectivity index (χ0v) is 17.8. The standard InChI is InChI=1S/C13H15Si.C5H5.2ClH.Zr/c1-14(9-4-10-14)13-8-7-11-5-2-3-6-12(11)13;1-2-4-5-3-1;;;/h2-3,5-7,13H,4,9-10H2,1H3;1-3H,4H2;2*1H;/q2*-1;;;+4/p-2. The van der Waals surface area contributed by atoms with Crippen LogP contribution in [0.5, 0.6) is 0 Å². The molecule has 114 valence electrons. The Morgan fingerprint density at radius 1 is 1.14 bits per heavy atom. The van der Waals surface area contributed by atoms with Crippen molar-refractivity contribution in [3.05, 3.63) is 65.8 Å². The molecule has 0 spiro atoms. The van der Waals surface area contributed by atoms with Gasteiger partial charge in [-0.2, -0.15) is 11.6 Å². The van der Waals surface area contributed by atoms with Crippen molar-refractivity contribution in [2.75, 3.05) is 0 Å². The van der Waals surface area contributed by atoms with Gasteiger partial charge in [-0.1, -0.05) is 48.8 Å². The monoisotopic (exact) mass is 424 g/mol. The number of hydrogen-bond donors (Lipinski definition) is 0. The van der Waals surface area contributed by atoms with E-state index < -0.39 is 8.07 Å². The molecule has 1 aliphatic heterocycles. The molecule has 0 amide bonds. The van der Waals surface area contributed by atoms with E-state index in [9.17, 15) is 0 Å². The van der Waals surface area contributed by atoms with Gasteiger partial charge in [0, 0.05) is 8.07 Å². The molecule has 0 saturated carbocycles. The number of rotatable bonds is 1. The zero-order chi connectivity index (χ0) is 13.1. The Kier molecular flexibility index (Phi) is 10.1. The maximum atomic E-state index is 3.60. The first-order valence-corrected chi connectivity index (χ1v) is 10.2. The topological polar surface area (TPSA) is 0 Å². The van der Waals surface area contributed by atoms with Crippen LogP contribution < -0.4 is 24.8 Å². The van der Waals surface area contributed by atoms with Gasteiger partial charge in [0.1, 0.15) is 0 Å². The molecular weight excluding hydrogens is 406 g/mol. The van der Waals surface area contributed by atoms with Crippen LogP contribution >= 0.6 is 0 Å². The van der Waals surface area contributed by atoms with Gasteiger partial charge in [-0.05, 0) is 0 Å². The van der Waals surface area contributed by atoms with Crippen LogP contribution in [0.4, 0.5) is 0 Å². The molecule has 4 rings (SSSR count). The van der Waals surface area contributed by atoms with E-state index in [2.05, 4.69) is 55.1 Å². The molecule has 2 aliphatic carbocycles. The minimum Gasteiger partial charge on any atom is -1.00 e. The summed E-state index contributed by atoms with van der Waals surface area (Å²) in [7, 11) is -0.957. The smallest absolute Gasteiger partial charge is 1.00 e. The van der Waals surface area contributed by atoms with Crippen LogP contribution in [-0.2, 0) is 26.2 Å². The fourth-order valence-corrected chi connectivity index (χ4v) is 6.65. The number of benzene rings is 1. The quantitative estimate of drug-likeness (QED) is 0.397. The van der Waals surface area contributed by atoms with Crippen LogP contribution in [0.3, 0.4) is 0 Å². The fourth-order valence-electron chi connectivity index (χ4n) is 3.11. The molecule has 1 aromatic rings. The molecule has 22 heavy (non-hydrogen) atoms. The molecule has 4 heteroatoms. The van der Waals surface area contributed by atoms with E-state index >= 15 is 0 Å². The summed E-state index contributed by atoms with van der Waals surface area (Å²) in [6.07, 6.45) is 17.3. The van der Waals surface area contributed by atoms with E-state index in [0.717, 1.165) is 6.42 Å². The van der Waals surface area contributed by atoms with Gasteiger partial charge in [0.25, 0.3) is 0 Å². The Morgan fingerprint density at radius 2 is 1.86 bits per heavy atom. The Bertz CT molecular complexity index is 538. The first kappa shape index (κ1) is 22.1. The first-order valence-electron chi connectivity index (χ1n) is 7.19. The third-order valence-electron chi connectivity index (χ3n) is 4.49. The molecule has 3 aliphatic rings. The SMILES string of the molecule is C[Si]1(C2[C-]=Cc3ccccc32)CCC1.[C-]1=CC=CC1.[Cl-].[Cl-].[Zr+4].